The fourth-order valence-electron chi connectivity index (χ4n) is 4.10. The number of carbonyl (C=O) groups excluding carboxylic acids is 1. The van der Waals surface area contributed by atoms with E-state index in [4.69, 9.17) is 0 Å². The van der Waals surface area contributed by atoms with Gasteiger partial charge in [0, 0.05) is 32.2 Å². The number of amides is 1. The Hall–Kier alpha value is -1.62. The van der Waals surface area contributed by atoms with Gasteiger partial charge in [-0.1, -0.05) is 38.8 Å². The van der Waals surface area contributed by atoms with E-state index in [0.29, 0.717) is 30.1 Å². The van der Waals surface area contributed by atoms with Gasteiger partial charge in [0.2, 0.25) is 5.91 Å². The Balaban J connectivity index is 1.46. The lowest BCUT2D eigenvalue weighted by atomic mass is 9.78. The van der Waals surface area contributed by atoms with Crippen LogP contribution in [0, 0.1) is 17.7 Å². The maximum Gasteiger partial charge on any atom is 0.234 e. The van der Waals surface area contributed by atoms with Gasteiger partial charge >= 0.3 is 0 Å². The summed E-state index contributed by atoms with van der Waals surface area (Å²) in [6.45, 7) is 8.07. The average molecular weight is 347 g/mol. The van der Waals surface area contributed by atoms with Gasteiger partial charge < -0.3 is 10.2 Å². The van der Waals surface area contributed by atoms with Crippen LogP contribution in [0.2, 0.25) is 0 Å². The number of para-hydroxylation sites is 1. The molecule has 0 unspecified atom stereocenters. The molecule has 1 heterocycles. The molecule has 2 fully saturated rings. The van der Waals surface area contributed by atoms with Crippen LogP contribution in [0.1, 0.15) is 33.1 Å². The van der Waals surface area contributed by atoms with Gasteiger partial charge in [-0.3, -0.25) is 9.69 Å². The summed E-state index contributed by atoms with van der Waals surface area (Å²) in [5.74, 6) is 1.19. The molecule has 0 radical (unpaired) electrons. The second-order valence-electron chi connectivity index (χ2n) is 7.66. The molecule has 5 heteroatoms. The van der Waals surface area contributed by atoms with Crippen LogP contribution in [0.15, 0.2) is 24.3 Å². The molecule has 0 spiro atoms. The second-order valence-corrected chi connectivity index (χ2v) is 7.66. The lowest BCUT2D eigenvalue weighted by Gasteiger charge is -2.37. The predicted molar refractivity (Wildman–Crippen MR) is 99.2 cm³/mol. The van der Waals surface area contributed by atoms with Crippen molar-refractivity contribution in [1.29, 1.82) is 0 Å². The molecule has 2 aliphatic rings. The molecule has 138 valence electrons. The molecular formula is C20H30FN3O. The summed E-state index contributed by atoms with van der Waals surface area (Å²) in [6, 6.07) is 7.22. The summed E-state index contributed by atoms with van der Waals surface area (Å²) < 4.78 is 13.9. The van der Waals surface area contributed by atoms with Crippen LogP contribution in [0.4, 0.5) is 10.1 Å². The van der Waals surface area contributed by atoms with Gasteiger partial charge in [0.05, 0.1) is 12.2 Å². The number of hydrogen-bond acceptors (Lipinski definition) is 3. The minimum Gasteiger partial charge on any atom is -0.367 e. The largest absolute Gasteiger partial charge is 0.367 e. The third-order valence-corrected chi connectivity index (χ3v) is 5.99. The Labute approximate surface area is 150 Å². The van der Waals surface area contributed by atoms with Crippen molar-refractivity contribution in [1.82, 2.24) is 10.2 Å². The minimum atomic E-state index is -0.172. The highest BCUT2D eigenvalue weighted by molar-refractivity contribution is 5.78. The monoisotopic (exact) mass is 347 g/mol. The zero-order valence-corrected chi connectivity index (χ0v) is 15.4. The topological polar surface area (TPSA) is 35.6 Å². The molecule has 1 aliphatic heterocycles. The second kappa shape index (κ2) is 8.17. The van der Waals surface area contributed by atoms with Crippen LogP contribution in [0.25, 0.3) is 0 Å². The zero-order chi connectivity index (χ0) is 17.8. The van der Waals surface area contributed by atoms with Gasteiger partial charge in [-0.05, 0) is 30.4 Å². The number of rotatable bonds is 4. The van der Waals surface area contributed by atoms with Crippen molar-refractivity contribution in [2.24, 2.45) is 11.8 Å². The number of anilines is 1. The highest BCUT2D eigenvalue weighted by Gasteiger charge is 2.29. The molecule has 0 aromatic heterocycles. The molecule has 3 atom stereocenters. The van der Waals surface area contributed by atoms with E-state index in [0.717, 1.165) is 32.6 Å². The minimum absolute atomic E-state index is 0.130. The van der Waals surface area contributed by atoms with Crippen LogP contribution in [-0.2, 0) is 4.79 Å². The summed E-state index contributed by atoms with van der Waals surface area (Å²) in [7, 11) is 0. The van der Waals surface area contributed by atoms with E-state index in [1.807, 2.05) is 12.1 Å². The first-order valence-corrected chi connectivity index (χ1v) is 9.56. The Morgan fingerprint density at radius 2 is 1.88 bits per heavy atom. The first-order chi connectivity index (χ1) is 12.0. The van der Waals surface area contributed by atoms with Crippen LogP contribution in [-0.4, -0.2) is 49.6 Å². The third-order valence-electron chi connectivity index (χ3n) is 5.99. The summed E-state index contributed by atoms with van der Waals surface area (Å²) in [4.78, 5) is 16.6. The van der Waals surface area contributed by atoms with E-state index < -0.39 is 0 Å². The van der Waals surface area contributed by atoms with Crippen LogP contribution in [0.5, 0.6) is 0 Å². The van der Waals surface area contributed by atoms with Crippen molar-refractivity contribution in [2.75, 3.05) is 37.6 Å². The molecule has 25 heavy (non-hydrogen) atoms. The number of benzene rings is 1. The van der Waals surface area contributed by atoms with Gasteiger partial charge in [0.1, 0.15) is 5.82 Å². The number of carbonyl (C=O) groups is 1. The highest BCUT2D eigenvalue weighted by Crippen LogP contribution is 2.29. The number of hydrogen-bond donors (Lipinski definition) is 1. The van der Waals surface area contributed by atoms with Crippen molar-refractivity contribution in [2.45, 2.75) is 39.2 Å². The van der Waals surface area contributed by atoms with Crippen molar-refractivity contribution < 1.29 is 9.18 Å². The molecule has 1 N–H and O–H groups in total. The van der Waals surface area contributed by atoms with Gasteiger partial charge in [-0.25, -0.2) is 4.39 Å². The van der Waals surface area contributed by atoms with Gasteiger partial charge in [-0.15, -0.1) is 0 Å². The highest BCUT2D eigenvalue weighted by atomic mass is 19.1. The fraction of sp³-hybridized carbons (Fsp3) is 0.650. The molecular weight excluding hydrogens is 317 g/mol. The Morgan fingerprint density at radius 1 is 1.16 bits per heavy atom. The fourth-order valence-corrected chi connectivity index (χ4v) is 4.10. The summed E-state index contributed by atoms with van der Waals surface area (Å²) >= 11 is 0. The van der Waals surface area contributed by atoms with Crippen LogP contribution >= 0.6 is 0 Å². The van der Waals surface area contributed by atoms with Gasteiger partial charge in [0.15, 0.2) is 0 Å². The molecule has 1 aliphatic carbocycles. The maximum atomic E-state index is 13.9. The summed E-state index contributed by atoms with van der Waals surface area (Å²) in [6.07, 6.45) is 3.57. The summed E-state index contributed by atoms with van der Waals surface area (Å²) in [5.41, 5.74) is 0.664. The average Bonchev–Trinajstić information content (AvgIpc) is 2.60. The number of piperazine rings is 1. The smallest absolute Gasteiger partial charge is 0.234 e. The summed E-state index contributed by atoms with van der Waals surface area (Å²) in [5, 5.41) is 3.24. The van der Waals surface area contributed by atoms with Crippen molar-refractivity contribution in [3.8, 4) is 0 Å². The third kappa shape index (κ3) is 4.51. The lowest BCUT2D eigenvalue weighted by molar-refractivity contribution is -0.123. The lowest BCUT2D eigenvalue weighted by Crippen LogP contribution is -2.52. The van der Waals surface area contributed by atoms with E-state index in [-0.39, 0.29) is 11.7 Å². The molecule has 0 bridgehead atoms. The van der Waals surface area contributed by atoms with Gasteiger partial charge in [0.25, 0.3) is 0 Å². The van der Waals surface area contributed by atoms with E-state index in [9.17, 15) is 9.18 Å². The van der Waals surface area contributed by atoms with Crippen LogP contribution in [0.3, 0.4) is 0 Å². The molecule has 1 amide bonds. The quantitative estimate of drug-likeness (QED) is 0.910. The van der Waals surface area contributed by atoms with E-state index >= 15 is 0 Å². The molecule has 1 saturated carbocycles. The number of halogens is 1. The van der Waals surface area contributed by atoms with Crippen molar-refractivity contribution in [3.05, 3.63) is 30.1 Å². The standard InChI is InChI=1S/C20H30FN3O/c1-15-6-5-8-18(16(15)2)22-20(25)14-23-10-12-24(13-11-23)19-9-4-3-7-17(19)21/h3-4,7,9,15-16,18H,5-6,8,10-14H2,1-2H3,(H,22,25)/t15-,16-,18-/m1/s1. The zero-order valence-electron chi connectivity index (χ0n) is 15.4. The SMILES string of the molecule is C[C@@H]1[C@H](C)CCC[C@H]1NC(=O)CN1CCN(c2ccccc2F)CC1. The molecule has 1 aromatic carbocycles. The Morgan fingerprint density at radius 3 is 2.60 bits per heavy atom. The van der Waals surface area contributed by atoms with E-state index in [1.165, 1.54) is 18.9 Å². The van der Waals surface area contributed by atoms with E-state index in [1.54, 1.807) is 6.07 Å². The van der Waals surface area contributed by atoms with Crippen LogP contribution < -0.4 is 10.2 Å². The maximum absolute atomic E-state index is 13.9. The van der Waals surface area contributed by atoms with Crippen molar-refractivity contribution >= 4 is 11.6 Å². The Kier molecular flexibility index (Phi) is 5.94. The first-order valence-electron chi connectivity index (χ1n) is 9.56. The Bertz CT molecular complexity index is 586. The number of nitrogens with one attached hydrogen (secondary N) is 1. The molecule has 4 nitrogen and oxygen atoms in total. The molecule has 1 aromatic rings. The normalized spacial score (nSPS) is 28.0. The van der Waals surface area contributed by atoms with Gasteiger partial charge in [-0.2, -0.15) is 0 Å². The van der Waals surface area contributed by atoms with E-state index in [2.05, 4.69) is 29.0 Å². The molecule has 3 rings (SSSR count). The molecule has 1 saturated heterocycles. The number of nitrogens with zero attached hydrogens (tertiary/aromatic N) is 2. The first kappa shape index (κ1) is 18.2. The predicted octanol–water partition coefficient (Wildman–Crippen LogP) is 2.89. The van der Waals surface area contributed by atoms with Crippen molar-refractivity contribution in [3.63, 3.8) is 0 Å².